The molecular formula is C20H22N2O4. The van der Waals surface area contributed by atoms with Gasteiger partial charge in [-0.2, -0.15) is 0 Å². The molecule has 0 saturated carbocycles. The molecule has 6 heteroatoms. The van der Waals surface area contributed by atoms with Gasteiger partial charge in [0, 0.05) is 25.7 Å². The van der Waals surface area contributed by atoms with Crippen LogP contribution in [0.5, 0.6) is 5.75 Å². The van der Waals surface area contributed by atoms with Gasteiger partial charge < -0.3 is 19.4 Å². The van der Waals surface area contributed by atoms with E-state index in [4.69, 9.17) is 9.15 Å². The van der Waals surface area contributed by atoms with E-state index in [9.17, 15) is 9.59 Å². The van der Waals surface area contributed by atoms with E-state index in [0.717, 1.165) is 12.8 Å². The number of nitrogens with zero attached hydrogens (tertiary/aromatic N) is 1. The Morgan fingerprint density at radius 2 is 1.92 bits per heavy atom. The summed E-state index contributed by atoms with van der Waals surface area (Å²) < 4.78 is 10.5. The number of furan rings is 1. The summed E-state index contributed by atoms with van der Waals surface area (Å²) in [6, 6.07) is 12.6. The number of likely N-dealkylation sites (tertiary alicyclic amines) is 1. The van der Waals surface area contributed by atoms with Crippen LogP contribution in [-0.4, -0.2) is 36.5 Å². The lowest BCUT2D eigenvalue weighted by Crippen LogP contribution is -2.42. The second-order valence-electron chi connectivity index (χ2n) is 6.21. The minimum atomic E-state index is -0.319. The van der Waals surface area contributed by atoms with Crippen molar-refractivity contribution in [2.75, 3.05) is 19.6 Å². The van der Waals surface area contributed by atoms with Gasteiger partial charge in [-0.3, -0.25) is 4.79 Å². The summed E-state index contributed by atoms with van der Waals surface area (Å²) in [5.41, 5.74) is 0. The van der Waals surface area contributed by atoms with Crippen molar-refractivity contribution in [2.45, 2.75) is 12.8 Å². The van der Waals surface area contributed by atoms with Crippen LogP contribution in [0.4, 0.5) is 4.79 Å². The standard InChI is InChI=1S/C20H22N2O4/c23-19(9-8-17-7-4-14-25-17)21-15-16-10-12-22(13-11-16)20(24)26-18-5-2-1-3-6-18/h1-9,14,16H,10-13,15H2,(H,21,23). The molecule has 0 unspecified atom stereocenters. The highest BCUT2D eigenvalue weighted by atomic mass is 16.6. The molecule has 1 aromatic heterocycles. The molecule has 3 rings (SSSR count). The second kappa shape index (κ2) is 8.89. The molecule has 1 N–H and O–H groups in total. The summed E-state index contributed by atoms with van der Waals surface area (Å²) in [6.07, 6.45) is 6.02. The predicted octanol–water partition coefficient (Wildman–Crippen LogP) is 3.32. The number of carbonyl (C=O) groups is 2. The van der Waals surface area contributed by atoms with Crippen LogP contribution >= 0.6 is 0 Å². The number of benzene rings is 1. The monoisotopic (exact) mass is 354 g/mol. The molecule has 2 aromatic rings. The van der Waals surface area contributed by atoms with Gasteiger partial charge in [-0.15, -0.1) is 0 Å². The minimum Gasteiger partial charge on any atom is -0.465 e. The van der Waals surface area contributed by atoms with E-state index in [2.05, 4.69) is 5.32 Å². The van der Waals surface area contributed by atoms with Gasteiger partial charge in [0.25, 0.3) is 0 Å². The summed E-state index contributed by atoms with van der Waals surface area (Å²) >= 11 is 0. The molecule has 136 valence electrons. The average Bonchev–Trinajstić information content (AvgIpc) is 3.19. The van der Waals surface area contributed by atoms with Crippen LogP contribution in [0.25, 0.3) is 6.08 Å². The first kappa shape index (κ1) is 17.8. The molecule has 1 aliphatic rings. The number of piperidine rings is 1. The lowest BCUT2D eigenvalue weighted by molar-refractivity contribution is -0.116. The zero-order valence-corrected chi connectivity index (χ0v) is 14.5. The van der Waals surface area contributed by atoms with E-state index in [1.54, 1.807) is 41.5 Å². The van der Waals surface area contributed by atoms with Crippen molar-refractivity contribution in [3.05, 3.63) is 60.6 Å². The highest BCUT2D eigenvalue weighted by Crippen LogP contribution is 2.18. The molecular weight excluding hydrogens is 332 g/mol. The SMILES string of the molecule is O=C(C=Cc1ccco1)NCC1CCN(C(=O)Oc2ccccc2)CC1. The molecule has 1 aliphatic heterocycles. The van der Waals surface area contributed by atoms with E-state index in [1.807, 2.05) is 18.2 Å². The van der Waals surface area contributed by atoms with Crippen molar-refractivity contribution in [3.8, 4) is 5.75 Å². The third-order valence-corrected chi connectivity index (χ3v) is 4.33. The van der Waals surface area contributed by atoms with Crippen molar-refractivity contribution >= 4 is 18.1 Å². The molecule has 1 saturated heterocycles. The Kier molecular flexibility index (Phi) is 6.09. The highest BCUT2D eigenvalue weighted by molar-refractivity contribution is 5.91. The number of ether oxygens (including phenoxy) is 1. The topological polar surface area (TPSA) is 71.8 Å². The van der Waals surface area contributed by atoms with Crippen molar-refractivity contribution in [3.63, 3.8) is 0 Å². The maximum absolute atomic E-state index is 12.2. The van der Waals surface area contributed by atoms with Crippen molar-refractivity contribution < 1.29 is 18.7 Å². The summed E-state index contributed by atoms with van der Waals surface area (Å²) in [7, 11) is 0. The Hall–Kier alpha value is -3.02. The molecule has 0 radical (unpaired) electrons. The number of carbonyl (C=O) groups excluding carboxylic acids is 2. The Balaban J connectivity index is 1.37. The predicted molar refractivity (Wildman–Crippen MR) is 97.5 cm³/mol. The van der Waals surface area contributed by atoms with E-state index in [0.29, 0.717) is 37.1 Å². The van der Waals surface area contributed by atoms with Crippen LogP contribution in [0.2, 0.25) is 0 Å². The van der Waals surface area contributed by atoms with Crippen LogP contribution < -0.4 is 10.1 Å². The maximum Gasteiger partial charge on any atom is 0.415 e. The fraction of sp³-hybridized carbons (Fsp3) is 0.300. The van der Waals surface area contributed by atoms with E-state index in [1.165, 1.54) is 6.08 Å². The number of rotatable bonds is 5. The summed E-state index contributed by atoms with van der Waals surface area (Å²) in [5, 5.41) is 2.90. The molecule has 0 bridgehead atoms. The highest BCUT2D eigenvalue weighted by Gasteiger charge is 2.24. The molecule has 2 heterocycles. The van der Waals surface area contributed by atoms with Crippen molar-refractivity contribution in [1.29, 1.82) is 0 Å². The molecule has 2 amide bonds. The quantitative estimate of drug-likeness (QED) is 0.836. The van der Waals surface area contributed by atoms with E-state index >= 15 is 0 Å². The van der Waals surface area contributed by atoms with Crippen LogP contribution in [0.3, 0.4) is 0 Å². The van der Waals surface area contributed by atoms with E-state index in [-0.39, 0.29) is 12.0 Å². The Morgan fingerprint density at radius 1 is 1.15 bits per heavy atom. The largest absolute Gasteiger partial charge is 0.465 e. The Bertz CT molecular complexity index is 732. The zero-order chi connectivity index (χ0) is 18.2. The second-order valence-corrected chi connectivity index (χ2v) is 6.21. The number of hydrogen-bond acceptors (Lipinski definition) is 4. The van der Waals surface area contributed by atoms with Crippen LogP contribution in [0, 0.1) is 5.92 Å². The van der Waals surface area contributed by atoms with Crippen molar-refractivity contribution in [1.82, 2.24) is 10.2 Å². The Labute approximate surface area is 152 Å². The van der Waals surface area contributed by atoms with Gasteiger partial charge >= 0.3 is 6.09 Å². The molecule has 1 fully saturated rings. The molecule has 0 aliphatic carbocycles. The third-order valence-electron chi connectivity index (χ3n) is 4.33. The van der Waals surface area contributed by atoms with Crippen molar-refractivity contribution in [2.24, 2.45) is 5.92 Å². The minimum absolute atomic E-state index is 0.146. The number of nitrogens with one attached hydrogen (secondary N) is 1. The summed E-state index contributed by atoms with van der Waals surface area (Å²) in [5.74, 6) is 1.41. The first-order valence-electron chi connectivity index (χ1n) is 8.72. The molecule has 0 atom stereocenters. The lowest BCUT2D eigenvalue weighted by Gasteiger charge is -2.31. The number of amides is 2. The summed E-state index contributed by atoms with van der Waals surface area (Å²) in [6.45, 7) is 1.87. The number of hydrogen-bond donors (Lipinski definition) is 1. The molecule has 26 heavy (non-hydrogen) atoms. The molecule has 1 aromatic carbocycles. The van der Waals surface area contributed by atoms with Gasteiger partial charge in [-0.25, -0.2) is 4.79 Å². The fourth-order valence-corrected chi connectivity index (χ4v) is 2.82. The number of para-hydroxylation sites is 1. The molecule has 6 nitrogen and oxygen atoms in total. The smallest absolute Gasteiger partial charge is 0.415 e. The normalized spacial score (nSPS) is 15.2. The Morgan fingerprint density at radius 3 is 2.62 bits per heavy atom. The maximum atomic E-state index is 12.2. The van der Waals surface area contributed by atoms with Crippen LogP contribution in [-0.2, 0) is 4.79 Å². The van der Waals surface area contributed by atoms with E-state index < -0.39 is 0 Å². The first-order valence-corrected chi connectivity index (χ1v) is 8.72. The lowest BCUT2D eigenvalue weighted by atomic mass is 9.97. The fourth-order valence-electron chi connectivity index (χ4n) is 2.82. The summed E-state index contributed by atoms with van der Waals surface area (Å²) in [4.78, 5) is 25.7. The van der Waals surface area contributed by atoms with Gasteiger partial charge in [-0.1, -0.05) is 18.2 Å². The van der Waals surface area contributed by atoms with Gasteiger partial charge in [0.2, 0.25) is 5.91 Å². The third kappa shape index (κ3) is 5.24. The molecule has 0 spiro atoms. The van der Waals surface area contributed by atoms with Crippen LogP contribution in [0.15, 0.2) is 59.2 Å². The first-order chi connectivity index (χ1) is 12.7. The van der Waals surface area contributed by atoms with Crippen LogP contribution in [0.1, 0.15) is 18.6 Å². The van der Waals surface area contributed by atoms with Gasteiger partial charge in [0.05, 0.1) is 6.26 Å². The average molecular weight is 354 g/mol. The zero-order valence-electron chi connectivity index (χ0n) is 14.5. The van der Waals surface area contributed by atoms with Gasteiger partial charge in [0.15, 0.2) is 0 Å². The van der Waals surface area contributed by atoms with Gasteiger partial charge in [0.1, 0.15) is 11.5 Å². The van der Waals surface area contributed by atoms with Gasteiger partial charge in [-0.05, 0) is 49.1 Å².